The predicted molar refractivity (Wildman–Crippen MR) is 89.5 cm³/mol. The summed E-state index contributed by atoms with van der Waals surface area (Å²) in [4.78, 5) is 18.4. The summed E-state index contributed by atoms with van der Waals surface area (Å²) >= 11 is 1.21. The highest BCUT2D eigenvalue weighted by molar-refractivity contribution is 7.94. The van der Waals surface area contributed by atoms with Crippen molar-refractivity contribution in [3.8, 4) is 0 Å². The van der Waals surface area contributed by atoms with Crippen LogP contribution in [-0.4, -0.2) is 18.4 Å². The van der Waals surface area contributed by atoms with Crippen LogP contribution in [0.15, 0.2) is 45.0 Å². The molecule has 1 aromatic carbocycles. The summed E-state index contributed by atoms with van der Waals surface area (Å²) in [6, 6.07) is 6.73. The topological polar surface area (TPSA) is 91.9 Å². The van der Waals surface area contributed by atoms with Crippen LogP contribution in [0, 0.1) is 0 Å². The standard InChI is InChI=1S/C15H13N3O3S2/c19-14-11-2-1-3-12(13(11)16-8-17-14)18-23(20,21)15-10(6-7-22-15)9-4-5-9/h1-3,6-9,18H,4-5H2,(H,16,17,19). The Labute approximate surface area is 136 Å². The number of nitrogens with one attached hydrogen (secondary N) is 2. The molecule has 2 aromatic heterocycles. The van der Waals surface area contributed by atoms with Crippen LogP contribution in [0.3, 0.4) is 0 Å². The third kappa shape index (κ3) is 2.53. The summed E-state index contributed by atoms with van der Waals surface area (Å²) < 4.78 is 28.4. The Morgan fingerprint density at radius 3 is 2.87 bits per heavy atom. The minimum absolute atomic E-state index is 0.300. The van der Waals surface area contributed by atoms with E-state index in [1.807, 2.05) is 6.07 Å². The molecule has 2 heterocycles. The Bertz CT molecular complexity index is 1050. The van der Waals surface area contributed by atoms with Crippen molar-refractivity contribution in [3.05, 3.63) is 51.9 Å². The number of benzene rings is 1. The van der Waals surface area contributed by atoms with Gasteiger partial charge in [0.15, 0.2) is 0 Å². The van der Waals surface area contributed by atoms with E-state index in [0.29, 0.717) is 26.7 Å². The van der Waals surface area contributed by atoms with Gasteiger partial charge in [-0.25, -0.2) is 13.4 Å². The van der Waals surface area contributed by atoms with Gasteiger partial charge in [0.1, 0.15) is 9.73 Å². The van der Waals surface area contributed by atoms with Crippen molar-refractivity contribution in [2.24, 2.45) is 0 Å². The quantitative estimate of drug-likeness (QED) is 0.759. The third-order valence-corrected chi connectivity index (χ3v) is 6.72. The fourth-order valence-electron chi connectivity index (χ4n) is 2.59. The van der Waals surface area contributed by atoms with E-state index in [0.717, 1.165) is 18.4 Å². The van der Waals surface area contributed by atoms with Gasteiger partial charge in [-0.05, 0) is 47.9 Å². The van der Waals surface area contributed by atoms with Crippen LogP contribution in [0.5, 0.6) is 0 Å². The highest BCUT2D eigenvalue weighted by Gasteiger charge is 2.31. The first-order valence-electron chi connectivity index (χ1n) is 7.13. The molecular formula is C15H13N3O3S2. The number of fused-ring (bicyclic) bond motifs is 1. The Morgan fingerprint density at radius 2 is 2.09 bits per heavy atom. The first kappa shape index (κ1) is 14.4. The zero-order valence-corrected chi connectivity index (χ0v) is 13.6. The zero-order valence-electron chi connectivity index (χ0n) is 11.9. The van der Waals surface area contributed by atoms with Gasteiger partial charge in [-0.3, -0.25) is 9.52 Å². The number of aromatic amines is 1. The number of thiophene rings is 1. The molecule has 6 nitrogen and oxygen atoms in total. The summed E-state index contributed by atoms with van der Waals surface area (Å²) in [5, 5.41) is 2.15. The van der Waals surface area contributed by atoms with E-state index in [1.165, 1.54) is 17.7 Å². The van der Waals surface area contributed by atoms with Crippen LogP contribution in [0.25, 0.3) is 10.9 Å². The Hall–Kier alpha value is -2.19. The molecule has 0 aliphatic heterocycles. The zero-order chi connectivity index (χ0) is 16.0. The van der Waals surface area contributed by atoms with E-state index >= 15 is 0 Å². The molecule has 0 bridgehead atoms. The summed E-state index contributed by atoms with van der Waals surface area (Å²) in [5.41, 5.74) is 1.23. The highest BCUT2D eigenvalue weighted by Crippen LogP contribution is 2.45. The van der Waals surface area contributed by atoms with Crippen molar-refractivity contribution in [3.63, 3.8) is 0 Å². The maximum atomic E-state index is 12.7. The second kappa shape index (κ2) is 5.17. The van der Waals surface area contributed by atoms with Crippen LogP contribution < -0.4 is 10.3 Å². The number of aromatic nitrogens is 2. The van der Waals surface area contributed by atoms with Gasteiger partial charge in [0.25, 0.3) is 15.6 Å². The van der Waals surface area contributed by atoms with E-state index in [1.54, 1.807) is 23.6 Å². The van der Waals surface area contributed by atoms with Gasteiger partial charge in [-0.1, -0.05) is 6.07 Å². The molecular weight excluding hydrogens is 334 g/mol. The summed E-state index contributed by atoms with van der Waals surface area (Å²) in [6.07, 6.45) is 3.33. The number of hydrogen-bond acceptors (Lipinski definition) is 5. The number of H-pyrrole nitrogens is 1. The molecule has 3 aromatic rings. The summed E-state index contributed by atoms with van der Waals surface area (Å²) in [6.45, 7) is 0. The number of anilines is 1. The number of rotatable bonds is 4. The highest BCUT2D eigenvalue weighted by atomic mass is 32.2. The van der Waals surface area contributed by atoms with Crippen molar-refractivity contribution in [1.82, 2.24) is 9.97 Å². The van der Waals surface area contributed by atoms with Gasteiger partial charge in [-0.2, -0.15) is 0 Å². The first-order valence-corrected chi connectivity index (χ1v) is 9.49. The molecule has 0 amide bonds. The van der Waals surface area contributed by atoms with Crippen molar-refractivity contribution < 1.29 is 8.42 Å². The second-order valence-corrected chi connectivity index (χ2v) is 8.27. The maximum absolute atomic E-state index is 12.7. The lowest BCUT2D eigenvalue weighted by atomic mass is 10.2. The predicted octanol–water partition coefficient (Wildman–Crippen LogP) is 2.66. The number of sulfonamides is 1. The van der Waals surface area contributed by atoms with Gasteiger partial charge < -0.3 is 4.98 Å². The molecule has 1 aliphatic rings. The molecule has 1 saturated carbocycles. The minimum atomic E-state index is -3.69. The largest absolute Gasteiger partial charge is 0.313 e. The average molecular weight is 347 g/mol. The van der Waals surface area contributed by atoms with Gasteiger partial charge in [0.05, 0.1) is 17.4 Å². The molecule has 118 valence electrons. The van der Waals surface area contributed by atoms with Gasteiger partial charge in [0.2, 0.25) is 0 Å². The van der Waals surface area contributed by atoms with Crippen molar-refractivity contribution in [1.29, 1.82) is 0 Å². The molecule has 4 rings (SSSR count). The summed E-state index contributed by atoms with van der Waals surface area (Å²) in [5.74, 6) is 0.348. The molecule has 0 saturated heterocycles. The van der Waals surface area contributed by atoms with E-state index in [-0.39, 0.29) is 5.56 Å². The van der Waals surface area contributed by atoms with Crippen LogP contribution >= 0.6 is 11.3 Å². The van der Waals surface area contributed by atoms with E-state index in [2.05, 4.69) is 14.7 Å². The molecule has 23 heavy (non-hydrogen) atoms. The van der Waals surface area contributed by atoms with Crippen LogP contribution in [0.2, 0.25) is 0 Å². The van der Waals surface area contributed by atoms with E-state index < -0.39 is 10.0 Å². The van der Waals surface area contributed by atoms with Crippen molar-refractivity contribution in [2.75, 3.05) is 4.72 Å². The number of para-hydroxylation sites is 1. The van der Waals surface area contributed by atoms with Crippen molar-refractivity contribution in [2.45, 2.75) is 23.0 Å². The van der Waals surface area contributed by atoms with E-state index in [4.69, 9.17) is 0 Å². The number of nitrogens with zero attached hydrogens (tertiary/aromatic N) is 1. The fourth-order valence-corrected chi connectivity index (χ4v) is 5.19. The van der Waals surface area contributed by atoms with Crippen LogP contribution in [0.4, 0.5) is 5.69 Å². The molecule has 0 radical (unpaired) electrons. The first-order chi connectivity index (χ1) is 11.1. The second-order valence-electron chi connectivity index (χ2n) is 5.48. The molecule has 0 spiro atoms. The minimum Gasteiger partial charge on any atom is -0.313 e. The maximum Gasteiger partial charge on any atom is 0.271 e. The monoisotopic (exact) mass is 347 g/mol. The molecule has 1 fully saturated rings. The normalized spacial score (nSPS) is 15.0. The smallest absolute Gasteiger partial charge is 0.271 e. The fraction of sp³-hybridized carbons (Fsp3) is 0.200. The Morgan fingerprint density at radius 1 is 1.26 bits per heavy atom. The molecule has 1 aliphatic carbocycles. The third-order valence-electron chi connectivity index (χ3n) is 3.83. The van der Waals surface area contributed by atoms with E-state index in [9.17, 15) is 13.2 Å². The van der Waals surface area contributed by atoms with Gasteiger partial charge in [-0.15, -0.1) is 11.3 Å². The van der Waals surface area contributed by atoms with Crippen LogP contribution in [0.1, 0.15) is 24.3 Å². The summed E-state index contributed by atoms with van der Waals surface area (Å²) in [7, 11) is -3.69. The lowest BCUT2D eigenvalue weighted by molar-refractivity contribution is 0.602. The van der Waals surface area contributed by atoms with Gasteiger partial charge >= 0.3 is 0 Å². The average Bonchev–Trinajstić information content (AvgIpc) is 3.24. The van der Waals surface area contributed by atoms with Gasteiger partial charge in [0, 0.05) is 0 Å². The molecule has 0 atom stereocenters. The molecule has 2 N–H and O–H groups in total. The SMILES string of the molecule is O=c1[nH]cnc2c(NS(=O)(=O)c3sccc3C3CC3)cccc12. The Balaban J connectivity index is 1.79. The van der Waals surface area contributed by atoms with Crippen molar-refractivity contribution >= 4 is 38.0 Å². The van der Waals surface area contributed by atoms with Crippen LogP contribution in [-0.2, 0) is 10.0 Å². The lowest BCUT2D eigenvalue weighted by Gasteiger charge is -2.10. The lowest BCUT2D eigenvalue weighted by Crippen LogP contribution is -2.15. The molecule has 8 heteroatoms. The molecule has 0 unspecified atom stereocenters. The Kier molecular flexibility index (Phi) is 3.24. The number of hydrogen-bond donors (Lipinski definition) is 2.